The molecule has 0 saturated carbocycles. The first-order valence-corrected chi connectivity index (χ1v) is 5.21. The smallest absolute Gasteiger partial charge is 0.340 e. The first-order valence-electron chi connectivity index (χ1n) is 5.21. The van der Waals surface area contributed by atoms with Gasteiger partial charge in [0.1, 0.15) is 5.69 Å². The minimum Gasteiger partial charge on any atom is -0.465 e. The van der Waals surface area contributed by atoms with E-state index in [9.17, 15) is 9.59 Å². The van der Waals surface area contributed by atoms with Crippen LogP contribution < -0.4 is 0 Å². The minimum atomic E-state index is -0.581. The van der Waals surface area contributed by atoms with Crippen molar-refractivity contribution in [3.05, 3.63) is 47.9 Å². The second kappa shape index (κ2) is 5.18. The van der Waals surface area contributed by atoms with Crippen molar-refractivity contribution < 1.29 is 14.3 Å². The van der Waals surface area contributed by atoms with Gasteiger partial charge in [-0.25, -0.2) is 9.78 Å². The average molecular weight is 242 g/mol. The van der Waals surface area contributed by atoms with E-state index in [1.807, 2.05) is 6.07 Å². The molecule has 0 aromatic carbocycles. The highest BCUT2D eigenvalue weighted by Crippen LogP contribution is 2.17. The summed E-state index contributed by atoms with van der Waals surface area (Å²) in [5.41, 5.74) is 1.57. The van der Waals surface area contributed by atoms with Gasteiger partial charge in [-0.05, 0) is 24.3 Å². The largest absolute Gasteiger partial charge is 0.465 e. The van der Waals surface area contributed by atoms with Gasteiger partial charge >= 0.3 is 5.97 Å². The summed E-state index contributed by atoms with van der Waals surface area (Å²) in [5.74, 6) is -0.581. The predicted molar refractivity (Wildman–Crippen MR) is 64.2 cm³/mol. The summed E-state index contributed by atoms with van der Waals surface area (Å²) in [7, 11) is 1.26. The van der Waals surface area contributed by atoms with Gasteiger partial charge in [-0.1, -0.05) is 0 Å². The number of esters is 1. The molecule has 0 unspecified atom stereocenters. The molecule has 2 rings (SSSR count). The van der Waals surface area contributed by atoms with Crippen LogP contribution in [0.2, 0.25) is 0 Å². The molecule has 0 aliphatic heterocycles. The Morgan fingerprint density at radius 3 is 2.78 bits per heavy atom. The molecule has 5 heteroatoms. The van der Waals surface area contributed by atoms with Crippen LogP contribution in [0.15, 0.2) is 36.7 Å². The Labute approximate surface area is 103 Å². The quantitative estimate of drug-likeness (QED) is 0.605. The molecule has 5 nitrogen and oxygen atoms in total. The third kappa shape index (κ3) is 2.24. The molecule has 0 radical (unpaired) electrons. The molecule has 2 aromatic heterocycles. The van der Waals surface area contributed by atoms with Crippen LogP contribution in [0.25, 0.3) is 11.3 Å². The molecule has 0 fully saturated rings. The summed E-state index contributed by atoms with van der Waals surface area (Å²) in [6.07, 6.45) is 3.81. The van der Waals surface area contributed by atoms with Gasteiger partial charge in [0.15, 0.2) is 6.29 Å². The normalized spacial score (nSPS) is 9.83. The highest BCUT2D eigenvalue weighted by atomic mass is 16.5. The van der Waals surface area contributed by atoms with E-state index in [1.54, 1.807) is 24.5 Å². The van der Waals surface area contributed by atoms with Gasteiger partial charge in [0.25, 0.3) is 0 Å². The fourth-order valence-corrected chi connectivity index (χ4v) is 1.52. The Hall–Kier alpha value is -2.56. The molecule has 0 spiro atoms. The number of pyridine rings is 2. The zero-order chi connectivity index (χ0) is 13.0. The lowest BCUT2D eigenvalue weighted by atomic mass is 10.1. The van der Waals surface area contributed by atoms with E-state index >= 15 is 0 Å². The van der Waals surface area contributed by atoms with Crippen LogP contribution in [-0.2, 0) is 4.74 Å². The van der Waals surface area contributed by atoms with Crippen molar-refractivity contribution in [2.75, 3.05) is 7.11 Å². The van der Waals surface area contributed by atoms with E-state index in [4.69, 9.17) is 0 Å². The number of carbonyl (C=O) groups excluding carboxylic acids is 2. The number of hydrogen-bond acceptors (Lipinski definition) is 5. The molecule has 2 aromatic rings. The molecule has 0 aliphatic carbocycles. The summed E-state index contributed by atoms with van der Waals surface area (Å²) >= 11 is 0. The van der Waals surface area contributed by atoms with E-state index in [-0.39, 0.29) is 11.3 Å². The molecule has 90 valence electrons. The number of methoxy groups -OCH3 is 1. The zero-order valence-corrected chi connectivity index (χ0v) is 9.66. The molecule has 0 bridgehead atoms. The first-order chi connectivity index (χ1) is 8.76. The monoisotopic (exact) mass is 242 g/mol. The number of carbonyl (C=O) groups is 2. The van der Waals surface area contributed by atoms with E-state index < -0.39 is 5.97 Å². The number of hydrogen-bond donors (Lipinski definition) is 0. The maximum Gasteiger partial charge on any atom is 0.340 e. The number of aromatic nitrogens is 2. The molecule has 0 N–H and O–H groups in total. The zero-order valence-electron chi connectivity index (χ0n) is 9.66. The molecular weight excluding hydrogens is 232 g/mol. The maximum atomic E-state index is 11.4. The van der Waals surface area contributed by atoms with Gasteiger partial charge in [0.05, 0.1) is 18.4 Å². The van der Waals surface area contributed by atoms with Crippen molar-refractivity contribution in [1.29, 1.82) is 0 Å². The van der Waals surface area contributed by atoms with Crippen LogP contribution in [0, 0.1) is 0 Å². The topological polar surface area (TPSA) is 69.2 Å². The Morgan fingerprint density at radius 1 is 1.33 bits per heavy atom. The summed E-state index contributed by atoms with van der Waals surface area (Å²) in [4.78, 5) is 30.4. The molecule has 0 saturated heterocycles. The molecule has 0 aliphatic rings. The third-order valence-electron chi connectivity index (χ3n) is 2.40. The second-order valence-corrected chi connectivity index (χ2v) is 3.48. The third-order valence-corrected chi connectivity index (χ3v) is 2.40. The molecule has 2 heterocycles. The van der Waals surface area contributed by atoms with Gasteiger partial charge in [-0.3, -0.25) is 9.78 Å². The van der Waals surface area contributed by atoms with Crippen molar-refractivity contribution in [3.8, 4) is 11.3 Å². The van der Waals surface area contributed by atoms with Crippen LogP contribution in [-0.4, -0.2) is 29.3 Å². The lowest BCUT2D eigenvalue weighted by Crippen LogP contribution is -2.07. The molecule has 0 atom stereocenters. The van der Waals surface area contributed by atoms with Crippen LogP contribution in [0.4, 0.5) is 0 Å². The fourth-order valence-electron chi connectivity index (χ4n) is 1.52. The lowest BCUT2D eigenvalue weighted by Gasteiger charge is -2.05. The highest BCUT2D eigenvalue weighted by Gasteiger charge is 2.13. The van der Waals surface area contributed by atoms with E-state index in [0.29, 0.717) is 12.0 Å². The van der Waals surface area contributed by atoms with Crippen LogP contribution in [0.1, 0.15) is 20.8 Å². The Balaban J connectivity index is 2.49. The number of nitrogens with zero attached hydrogens (tertiary/aromatic N) is 2. The summed E-state index contributed by atoms with van der Waals surface area (Å²) < 4.78 is 4.57. The highest BCUT2D eigenvalue weighted by molar-refractivity contribution is 5.97. The van der Waals surface area contributed by atoms with Crippen LogP contribution in [0.5, 0.6) is 0 Å². The van der Waals surface area contributed by atoms with Gasteiger partial charge in [0.2, 0.25) is 0 Å². The minimum absolute atomic E-state index is 0.0585. The van der Waals surface area contributed by atoms with E-state index in [1.165, 1.54) is 13.2 Å². The number of ether oxygens (including phenoxy) is 1. The molecule has 18 heavy (non-hydrogen) atoms. The fraction of sp³-hybridized carbons (Fsp3) is 0.0769. The number of aldehydes is 1. The maximum absolute atomic E-state index is 11.4. The summed E-state index contributed by atoms with van der Waals surface area (Å²) in [5, 5.41) is 0. The van der Waals surface area contributed by atoms with Crippen molar-refractivity contribution >= 4 is 12.3 Å². The van der Waals surface area contributed by atoms with Crippen molar-refractivity contribution in [1.82, 2.24) is 9.97 Å². The molecular formula is C13H10N2O3. The van der Waals surface area contributed by atoms with Crippen molar-refractivity contribution in [3.63, 3.8) is 0 Å². The number of rotatable bonds is 3. The van der Waals surface area contributed by atoms with Gasteiger partial charge < -0.3 is 4.74 Å². The predicted octanol–water partition coefficient (Wildman–Crippen LogP) is 1.74. The van der Waals surface area contributed by atoms with Gasteiger partial charge in [-0.15, -0.1) is 0 Å². The van der Waals surface area contributed by atoms with Crippen molar-refractivity contribution in [2.45, 2.75) is 0 Å². The first kappa shape index (κ1) is 11.9. The van der Waals surface area contributed by atoms with Crippen molar-refractivity contribution in [2.24, 2.45) is 0 Å². The lowest BCUT2D eigenvalue weighted by molar-refractivity contribution is 0.0597. The Kier molecular flexibility index (Phi) is 3.43. The Bertz CT molecular complexity index is 582. The Morgan fingerprint density at radius 2 is 2.17 bits per heavy atom. The molecule has 0 amide bonds. The van der Waals surface area contributed by atoms with Gasteiger partial charge in [0, 0.05) is 18.0 Å². The van der Waals surface area contributed by atoms with Crippen LogP contribution >= 0.6 is 0 Å². The summed E-state index contributed by atoms with van der Waals surface area (Å²) in [6.45, 7) is 0. The van der Waals surface area contributed by atoms with E-state index in [0.717, 1.165) is 5.56 Å². The van der Waals surface area contributed by atoms with Gasteiger partial charge in [-0.2, -0.15) is 0 Å². The average Bonchev–Trinajstić information content (AvgIpc) is 2.46. The SMILES string of the molecule is COC(=O)c1ccc(-c2cccnc2)nc1C=O. The second-order valence-electron chi connectivity index (χ2n) is 3.48. The summed E-state index contributed by atoms with van der Waals surface area (Å²) in [6, 6.07) is 6.76. The standard InChI is InChI=1S/C13H10N2O3/c1-18-13(17)10-4-5-11(15-12(10)8-16)9-3-2-6-14-7-9/h2-8H,1H3. The van der Waals surface area contributed by atoms with Crippen LogP contribution in [0.3, 0.4) is 0 Å². The van der Waals surface area contributed by atoms with E-state index in [2.05, 4.69) is 14.7 Å².